The van der Waals surface area contributed by atoms with Crippen LogP contribution in [0.3, 0.4) is 0 Å². The third-order valence-corrected chi connectivity index (χ3v) is 4.38. The van der Waals surface area contributed by atoms with Crippen molar-refractivity contribution in [3.8, 4) is 0 Å². The SMILES string of the molecule is O=C(O)CCC(NC(=O)CC1CCCCC1)c1ccccc1. The minimum Gasteiger partial charge on any atom is -0.481 e. The summed E-state index contributed by atoms with van der Waals surface area (Å²) in [5.41, 5.74) is 0.973. The van der Waals surface area contributed by atoms with Crippen molar-refractivity contribution in [1.82, 2.24) is 5.32 Å². The van der Waals surface area contributed by atoms with Crippen LogP contribution in [0.4, 0.5) is 0 Å². The molecular weight excluding hydrogens is 278 g/mol. The maximum absolute atomic E-state index is 12.3. The molecule has 4 heteroatoms. The summed E-state index contributed by atoms with van der Waals surface area (Å²) in [7, 11) is 0. The van der Waals surface area contributed by atoms with Gasteiger partial charge in [0, 0.05) is 12.8 Å². The van der Waals surface area contributed by atoms with E-state index in [1.165, 1.54) is 19.3 Å². The predicted molar refractivity (Wildman–Crippen MR) is 85.4 cm³/mol. The second-order valence-electron chi connectivity index (χ2n) is 6.17. The highest BCUT2D eigenvalue weighted by molar-refractivity contribution is 5.76. The van der Waals surface area contributed by atoms with Crippen LogP contribution in [0.1, 0.15) is 63.0 Å². The summed E-state index contributed by atoms with van der Waals surface area (Å²) in [6, 6.07) is 9.41. The minimum atomic E-state index is -0.831. The second-order valence-corrected chi connectivity index (χ2v) is 6.17. The van der Waals surface area contributed by atoms with Gasteiger partial charge in [0.2, 0.25) is 5.91 Å². The summed E-state index contributed by atoms with van der Waals surface area (Å²) < 4.78 is 0. The van der Waals surface area contributed by atoms with Crippen LogP contribution in [0.25, 0.3) is 0 Å². The van der Waals surface area contributed by atoms with E-state index in [4.69, 9.17) is 5.11 Å². The summed E-state index contributed by atoms with van der Waals surface area (Å²) in [6.45, 7) is 0. The van der Waals surface area contributed by atoms with Gasteiger partial charge in [0.25, 0.3) is 0 Å². The molecule has 1 amide bonds. The third-order valence-electron chi connectivity index (χ3n) is 4.38. The molecule has 1 aromatic rings. The van der Waals surface area contributed by atoms with Crippen LogP contribution < -0.4 is 5.32 Å². The molecule has 0 saturated heterocycles. The van der Waals surface area contributed by atoms with Crippen molar-refractivity contribution in [3.05, 3.63) is 35.9 Å². The Morgan fingerprint density at radius 2 is 1.82 bits per heavy atom. The molecule has 0 aliphatic heterocycles. The van der Waals surface area contributed by atoms with Crippen LogP contribution in [0.2, 0.25) is 0 Å². The molecule has 22 heavy (non-hydrogen) atoms. The molecule has 0 spiro atoms. The lowest BCUT2D eigenvalue weighted by Gasteiger charge is -2.23. The maximum Gasteiger partial charge on any atom is 0.303 e. The number of hydrogen-bond acceptors (Lipinski definition) is 2. The number of benzene rings is 1. The van der Waals surface area contributed by atoms with Crippen LogP contribution in [0.5, 0.6) is 0 Å². The highest BCUT2D eigenvalue weighted by Gasteiger charge is 2.20. The largest absolute Gasteiger partial charge is 0.481 e. The topological polar surface area (TPSA) is 66.4 Å². The van der Waals surface area contributed by atoms with Crippen molar-refractivity contribution in [1.29, 1.82) is 0 Å². The monoisotopic (exact) mass is 303 g/mol. The fourth-order valence-electron chi connectivity index (χ4n) is 3.18. The van der Waals surface area contributed by atoms with Gasteiger partial charge in [0.15, 0.2) is 0 Å². The van der Waals surface area contributed by atoms with E-state index in [9.17, 15) is 9.59 Å². The van der Waals surface area contributed by atoms with E-state index in [1.54, 1.807) is 0 Å². The molecule has 0 heterocycles. The molecule has 120 valence electrons. The van der Waals surface area contributed by atoms with Gasteiger partial charge in [-0.15, -0.1) is 0 Å². The number of hydrogen-bond donors (Lipinski definition) is 2. The summed E-state index contributed by atoms with van der Waals surface area (Å²) in [5.74, 6) is -0.293. The first kappa shape index (κ1) is 16.5. The third kappa shape index (κ3) is 5.51. The van der Waals surface area contributed by atoms with Gasteiger partial charge >= 0.3 is 5.97 Å². The summed E-state index contributed by atoms with van der Waals surface area (Å²) in [6.07, 6.45) is 7.05. The number of carboxylic acids is 1. The first-order valence-electron chi connectivity index (χ1n) is 8.21. The van der Waals surface area contributed by atoms with Crippen molar-refractivity contribution < 1.29 is 14.7 Å². The number of rotatable bonds is 7. The zero-order valence-corrected chi connectivity index (χ0v) is 13.0. The minimum absolute atomic E-state index is 0.0474. The molecule has 4 nitrogen and oxygen atoms in total. The van der Waals surface area contributed by atoms with Crippen molar-refractivity contribution in [3.63, 3.8) is 0 Å². The Morgan fingerprint density at radius 1 is 1.14 bits per heavy atom. The number of aliphatic carboxylic acids is 1. The maximum atomic E-state index is 12.3. The van der Waals surface area contributed by atoms with Crippen molar-refractivity contribution in [2.24, 2.45) is 5.92 Å². The number of carboxylic acid groups (broad SMARTS) is 1. The quantitative estimate of drug-likeness (QED) is 0.807. The van der Waals surface area contributed by atoms with Crippen LogP contribution in [0, 0.1) is 5.92 Å². The highest BCUT2D eigenvalue weighted by Crippen LogP contribution is 2.27. The average molecular weight is 303 g/mol. The van der Waals surface area contributed by atoms with E-state index >= 15 is 0 Å². The highest BCUT2D eigenvalue weighted by atomic mass is 16.4. The summed E-state index contributed by atoms with van der Waals surface area (Å²) >= 11 is 0. The van der Waals surface area contributed by atoms with Gasteiger partial charge in [0.1, 0.15) is 0 Å². The Labute approximate surface area is 131 Å². The lowest BCUT2D eigenvalue weighted by molar-refractivity contribution is -0.137. The first-order valence-corrected chi connectivity index (χ1v) is 8.21. The Balaban J connectivity index is 1.92. The summed E-state index contributed by atoms with van der Waals surface area (Å²) in [4.78, 5) is 23.1. The molecule has 2 N–H and O–H groups in total. The Hall–Kier alpha value is -1.84. The fourth-order valence-corrected chi connectivity index (χ4v) is 3.18. The molecule has 1 aliphatic rings. The van der Waals surface area contributed by atoms with Gasteiger partial charge in [0.05, 0.1) is 6.04 Å². The first-order chi connectivity index (χ1) is 10.6. The molecule has 1 saturated carbocycles. The van der Waals surface area contributed by atoms with E-state index in [0.717, 1.165) is 18.4 Å². The van der Waals surface area contributed by atoms with E-state index in [1.807, 2.05) is 30.3 Å². The zero-order chi connectivity index (χ0) is 15.8. The zero-order valence-electron chi connectivity index (χ0n) is 13.0. The van der Waals surface area contributed by atoms with Crippen LogP contribution >= 0.6 is 0 Å². The van der Waals surface area contributed by atoms with Crippen LogP contribution in [-0.4, -0.2) is 17.0 Å². The van der Waals surface area contributed by atoms with Gasteiger partial charge in [-0.3, -0.25) is 9.59 Å². The van der Waals surface area contributed by atoms with E-state index in [-0.39, 0.29) is 18.4 Å². The van der Waals surface area contributed by atoms with Gasteiger partial charge in [-0.1, -0.05) is 49.6 Å². The smallest absolute Gasteiger partial charge is 0.303 e. The van der Waals surface area contributed by atoms with Gasteiger partial charge in [-0.05, 0) is 30.7 Å². The molecule has 0 radical (unpaired) electrons. The van der Waals surface area contributed by atoms with Crippen LogP contribution in [-0.2, 0) is 9.59 Å². The van der Waals surface area contributed by atoms with E-state index < -0.39 is 5.97 Å². The molecule has 1 unspecified atom stereocenters. The standard InChI is InChI=1S/C18H25NO3/c20-17(13-14-7-3-1-4-8-14)19-16(11-12-18(21)22)15-9-5-2-6-10-15/h2,5-6,9-10,14,16H,1,3-4,7-8,11-13H2,(H,19,20)(H,21,22). The number of carbonyl (C=O) groups is 2. The Kier molecular flexibility index (Phi) is 6.44. The molecule has 1 aliphatic carbocycles. The molecule has 0 aromatic heterocycles. The average Bonchev–Trinajstić information content (AvgIpc) is 2.53. The number of carbonyl (C=O) groups excluding carboxylic acids is 1. The molecule has 1 aromatic carbocycles. The molecular formula is C18H25NO3. The number of amides is 1. The predicted octanol–water partition coefficient (Wildman–Crippen LogP) is 3.68. The number of nitrogens with one attached hydrogen (secondary N) is 1. The van der Waals surface area contributed by atoms with E-state index in [0.29, 0.717) is 18.8 Å². The Morgan fingerprint density at radius 3 is 2.45 bits per heavy atom. The van der Waals surface area contributed by atoms with Gasteiger partial charge in [-0.2, -0.15) is 0 Å². The molecule has 1 fully saturated rings. The van der Waals surface area contributed by atoms with Gasteiger partial charge < -0.3 is 10.4 Å². The van der Waals surface area contributed by atoms with Crippen LogP contribution in [0.15, 0.2) is 30.3 Å². The molecule has 2 rings (SSSR count). The fraction of sp³-hybridized carbons (Fsp3) is 0.556. The lowest BCUT2D eigenvalue weighted by atomic mass is 9.86. The Bertz CT molecular complexity index is 480. The molecule has 0 bridgehead atoms. The van der Waals surface area contributed by atoms with Crippen molar-refractivity contribution in [2.75, 3.05) is 0 Å². The van der Waals surface area contributed by atoms with Crippen molar-refractivity contribution in [2.45, 2.75) is 57.4 Å². The molecule has 1 atom stereocenters. The van der Waals surface area contributed by atoms with Crippen molar-refractivity contribution >= 4 is 11.9 Å². The normalized spacial score (nSPS) is 16.9. The van der Waals surface area contributed by atoms with Gasteiger partial charge in [-0.25, -0.2) is 0 Å². The summed E-state index contributed by atoms with van der Waals surface area (Å²) in [5, 5.41) is 11.9. The van der Waals surface area contributed by atoms with E-state index in [2.05, 4.69) is 5.32 Å². The second kappa shape index (κ2) is 8.57. The lowest BCUT2D eigenvalue weighted by Crippen LogP contribution is -2.30.